The maximum Gasteiger partial charge on any atom is 0.190 e. The van der Waals surface area contributed by atoms with Crippen molar-refractivity contribution in [2.24, 2.45) is 4.99 Å². The first kappa shape index (κ1) is 18.5. The van der Waals surface area contributed by atoms with E-state index in [1.165, 1.54) is 0 Å². The predicted molar refractivity (Wildman–Crippen MR) is 104 cm³/mol. The van der Waals surface area contributed by atoms with E-state index in [1.54, 1.807) is 0 Å². The van der Waals surface area contributed by atoms with Crippen molar-refractivity contribution >= 4 is 17.1 Å². The fourth-order valence-electron chi connectivity index (χ4n) is 4.87. The summed E-state index contributed by atoms with van der Waals surface area (Å²) in [5.74, 6) is -1.35. The number of hydrogen-bond donors (Lipinski definition) is 1. The van der Waals surface area contributed by atoms with Gasteiger partial charge in [-0.1, -0.05) is 12.1 Å². The van der Waals surface area contributed by atoms with E-state index in [1.807, 2.05) is 58.9 Å². The molecule has 1 aromatic rings. The second kappa shape index (κ2) is 6.00. The summed E-state index contributed by atoms with van der Waals surface area (Å²) in [6.07, 6.45) is -0.653. The van der Waals surface area contributed by atoms with Crippen molar-refractivity contribution in [3.05, 3.63) is 24.3 Å². The standard InChI is InChI=1S/C21H28N2O5/c1-12-10-21(23-14-9-7-6-8-13(14)22-12)16(15-11-24-19(2,3)26-15)25-18-17(21)27-20(4,5)28-18/h6-9,15-18,23H,10-11H2,1-5H3/t15-,16-,17+,18-,21+/m1/s1. The molecule has 0 bridgehead atoms. The molecule has 0 radical (unpaired) electrons. The Bertz CT molecular complexity index is 823. The Labute approximate surface area is 165 Å². The lowest BCUT2D eigenvalue weighted by Crippen LogP contribution is -2.59. The minimum atomic E-state index is -0.710. The summed E-state index contributed by atoms with van der Waals surface area (Å²) in [7, 11) is 0. The molecular weight excluding hydrogens is 360 g/mol. The van der Waals surface area contributed by atoms with E-state index in [0.29, 0.717) is 13.0 Å². The Morgan fingerprint density at radius 1 is 1.00 bits per heavy atom. The molecule has 152 valence electrons. The van der Waals surface area contributed by atoms with Crippen LogP contribution in [0.2, 0.25) is 0 Å². The van der Waals surface area contributed by atoms with E-state index in [9.17, 15) is 0 Å². The molecule has 5 rings (SSSR count). The second-order valence-electron chi connectivity index (χ2n) is 9.05. The van der Waals surface area contributed by atoms with Crippen LogP contribution in [0.15, 0.2) is 29.3 Å². The summed E-state index contributed by atoms with van der Waals surface area (Å²) in [4.78, 5) is 4.83. The Kier molecular flexibility index (Phi) is 3.97. The summed E-state index contributed by atoms with van der Waals surface area (Å²) in [6, 6.07) is 8.06. The minimum Gasteiger partial charge on any atom is -0.372 e. The lowest BCUT2D eigenvalue weighted by atomic mass is 9.80. The first-order chi connectivity index (χ1) is 13.2. The smallest absolute Gasteiger partial charge is 0.190 e. The maximum atomic E-state index is 6.44. The number of ether oxygens (including phenoxy) is 5. The van der Waals surface area contributed by atoms with Crippen molar-refractivity contribution in [2.45, 2.75) is 82.8 Å². The molecule has 0 aliphatic carbocycles. The molecule has 0 aromatic heterocycles. The molecule has 3 fully saturated rings. The molecule has 28 heavy (non-hydrogen) atoms. The van der Waals surface area contributed by atoms with Crippen molar-refractivity contribution in [3.8, 4) is 0 Å². The molecule has 7 heteroatoms. The highest BCUT2D eigenvalue weighted by atomic mass is 16.8. The molecule has 1 aromatic carbocycles. The van der Waals surface area contributed by atoms with Gasteiger partial charge in [0, 0.05) is 12.1 Å². The molecule has 1 N–H and O–H groups in total. The van der Waals surface area contributed by atoms with E-state index >= 15 is 0 Å². The monoisotopic (exact) mass is 388 g/mol. The molecule has 0 saturated carbocycles. The summed E-state index contributed by atoms with van der Waals surface area (Å²) < 4.78 is 30.9. The largest absolute Gasteiger partial charge is 0.372 e. The van der Waals surface area contributed by atoms with Gasteiger partial charge in [0.15, 0.2) is 17.9 Å². The van der Waals surface area contributed by atoms with Gasteiger partial charge in [-0.25, -0.2) is 0 Å². The highest BCUT2D eigenvalue weighted by molar-refractivity contribution is 5.90. The fraction of sp³-hybridized carbons (Fsp3) is 0.667. The van der Waals surface area contributed by atoms with Gasteiger partial charge in [0.25, 0.3) is 0 Å². The highest BCUT2D eigenvalue weighted by Crippen LogP contribution is 2.50. The predicted octanol–water partition coefficient (Wildman–Crippen LogP) is 3.36. The van der Waals surface area contributed by atoms with Gasteiger partial charge in [-0.3, -0.25) is 4.99 Å². The Hall–Kier alpha value is -1.51. The molecule has 0 amide bonds. The molecular formula is C21H28N2O5. The number of aliphatic imine (C=N–C) groups is 1. The van der Waals surface area contributed by atoms with Crippen LogP contribution in [-0.4, -0.2) is 54.0 Å². The number of nitrogens with one attached hydrogen (secondary N) is 1. The molecule has 4 aliphatic heterocycles. The van der Waals surface area contributed by atoms with Crippen LogP contribution in [-0.2, 0) is 23.7 Å². The third-order valence-electron chi connectivity index (χ3n) is 5.85. The van der Waals surface area contributed by atoms with Crippen LogP contribution in [0.3, 0.4) is 0 Å². The molecule has 3 saturated heterocycles. The number of benzene rings is 1. The number of fused-ring (bicyclic) bond motifs is 3. The van der Waals surface area contributed by atoms with Gasteiger partial charge < -0.3 is 29.0 Å². The Morgan fingerprint density at radius 2 is 1.79 bits per heavy atom. The Balaban J connectivity index is 1.59. The zero-order chi connectivity index (χ0) is 19.7. The normalized spacial score (nSPS) is 40.5. The average Bonchev–Trinajstić information content (AvgIpc) is 3.15. The van der Waals surface area contributed by atoms with E-state index in [2.05, 4.69) is 5.32 Å². The van der Waals surface area contributed by atoms with Gasteiger partial charge in [-0.2, -0.15) is 0 Å². The third kappa shape index (κ3) is 2.88. The zero-order valence-corrected chi connectivity index (χ0v) is 17.0. The van der Waals surface area contributed by atoms with E-state index in [0.717, 1.165) is 17.1 Å². The van der Waals surface area contributed by atoms with Crippen LogP contribution in [0, 0.1) is 0 Å². The first-order valence-electron chi connectivity index (χ1n) is 9.92. The average molecular weight is 388 g/mol. The number of nitrogens with zero attached hydrogens (tertiary/aromatic N) is 1. The van der Waals surface area contributed by atoms with E-state index < -0.39 is 23.4 Å². The number of hydrogen-bond acceptors (Lipinski definition) is 7. The summed E-state index contributed by atoms with van der Waals surface area (Å²) in [5.41, 5.74) is 2.31. The molecule has 0 unspecified atom stereocenters. The van der Waals surface area contributed by atoms with Crippen molar-refractivity contribution in [2.75, 3.05) is 11.9 Å². The SMILES string of the molecule is CC1=Nc2ccccc2N[C@@]2(C1)[C@@H]([C@H]1COC(C)(C)O1)O[C@@H]1OC(C)(C)O[C@@H]12. The molecule has 4 heterocycles. The van der Waals surface area contributed by atoms with E-state index in [-0.39, 0.29) is 18.3 Å². The lowest BCUT2D eigenvalue weighted by Gasteiger charge is -2.40. The number of anilines is 1. The topological polar surface area (TPSA) is 70.5 Å². The summed E-state index contributed by atoms with van der Waals surface area (Å²) >= 11 is 0. The van der Waals surface area contributed by atoms with Gasteiger partial charge >= 0.3 is 0 Å². The molecule has 4 aliphatic rings. The minimum absolute atomic E-state index is 0.235. The van der Waals surface area contributed by atoms with Crippen LogP contribution >= 0.6 is 0 Å². The summed E-state index contributed by atoms with van der Waals surface area (Å²) in [5, 5.41) is 3.75. The summed E-state index contributed by atoms with van der Waals surface area (Å²) in [6.45, 7) is 10.2. The molecule has 5 atom stereocenters. The quantitative estimate of drug-likeness (QED) is 0.796. The van der Waals surface area contributed by atoms with Gasteiger partial charge in [0.05, 0.1) is 18.0 Å². The lowest BCUT2D eigenvalue weighted by molar-refractivity contribution is -0.227. The van der Waals surface area contributed by atoms with Crippen LogP contribution in [0.1, 0.15) is 41.0 Å². The maximum absolute atomic E-state index is 6.44. The fourth-order valence-corrected chi connectivity index (χ4v) is 4.87. The van der Waals surface area contributed by atoms with Gasteiger partial charge in [0.1, 0.15) is 23.9 Å². The van der Waals surface area contributed by atoms with Crippen LogP contribution in [0.4, 0.5) is 11.4 Å². The van der Waals surface area contributed by atoms with Crippen molar-refractivity contribution in [1.29, 1.82) is 0 Å². The first-order valence-corrected chi connectivity index (χ1v) is 9.92. The van der Waals surface area contributed by atoms with Crippen LogP contribution < -0.4 is 5.32 Å². The zero-order valence-electron chi connectivity index (χ0n) is 17.0. The van der Waals surface area contributed by atoms with Gasteiger partial charge in [0.2, 0.25) is 0 Å². The highest BCUT2D eigenvalue weighted by Gasteiger charge is 2.67. The van der Waals surface area contributed by atoms with Crippen molar-refractivity contribution in [3.63, 3.8) is 0 Å². The van der Waals surface area contributed by atoms with E-state index in [4.69, 9.17) is 28.7 Å². The van der Waals surface area contributed by atoms with Crippen LogP contribution in [0.25, 0.3) is 0 Å². The number of para-hydroxylation sites is 2. The van der Waals surface area contributed by atoms with Crippen LogP contribution in [0.5, 0.6) is 0 Å². The van der Waals surface area contributed by atoms with Crippen molar-refractivity contribution < 1.29 is 23.7 Å². The van der Waals surface area contributed by atoms with Gasteiger partial charge in [-0.05, 0) is 46.8 Å². The third-order valence-corrected chi connectivity index (χ3v) is 5.85. The van der Waals surface area contributed by atoms with Crippen molar-refractivity contribution in [1.82, 2.24) is 0 Å². The molecule has 7 nitrogen and oxygen atoms in total. The second-order valence-corrected chi connectivity index (χ2v) is 9.05. The number of rotatable bonds is 1. The Morgan fingerprint density at radius 3 is 2.54 bits per heavy atom. The van der Waals surface area contributed by atoms with Gasteiger partial charge in [-0.15, -0.1) is 0 Å². The molecule has 1 spiro atoms.